The molecule has 0 aliphatic carbocycles. The first-order valence-corrected chi connectivity index (χ1v) is 16.5. The minimum Gasteiger partial charge on any atom is -0.337 e. The standard InChI is InChI=1S/C20H43O2PS3.Zn/c1-3-5-7-9-11-13-15-17-19-22-23(21,24)26(25)20-18-16-14-12-10-8-6-4-2;/h3-20H2,1-2H3,(H,21,24);. The number of rotatable bonds is 20. The fourth-order valence-electron chi connectivity index (χ4n) is 2.95. The van der Waals surface area contributed by atoms with Crippen molar-refractivity contribution in [2.24, 2.45) is 0 Å². The fourth-order valence-corrected chi connectivity index (χ4v) is 7.40. The molecule has 1 N–H and O–H groups in total. The Morgan fingerprint density at radius 1 is 0.704 bits per heavy atom. The molecule has 2 nitrogen and oxygen atoms in total. The molecule has 0 heterocycles. The maximum Gasteiger partial charge on any atom is 0.248 e. The maximum absolute atomic E-state index is 10.4. The van der Waals surface area contributed by atoms with Gasteiger partial charge in [0.15, 0.2) is 0 Å². The summed E-state index contributed by atoms with van der Waals surface area (Å²) >= 11 is 10.8. The molecule has 0 rings (SSSR count). The van der Waals surface area contributed by atoms with E-state index in [9.17, 15) is 4.89 Å². The largest absolute Gasteiger partial charge is 0.337 e. The zero-order valence-corrected chi connectivity index (χ0v) is 24.3. The molecule has 0 aromatic carbocycles. The molecule has 0 amide bonds. The molecule has 0 fully saturated rings. The second-order valence-corrected chi connectivity index (χ2v) is 16.5. The van der Waals surface area contributed by atoms with Crippen molar-refractivity contribution in [3.63, 3.8) is 0 Å². The molecular formula is C20H43O2PS3Zn. The summed E-state index contributed by atoms with van der Waals surface area (Å²) in [5.74, 6) is 0.857. The van der Waals surface area contributed by atoms with Crippen LogP contribution in [-0.2, 0) is 56.1 Å². The smallest absolute Gasteiger partial charge is 0.248 e. The first-order valence-electron chi connectivity index (χ1n) is 10.9. The first kappa shape index (κ1) is 31.0. The molecule has 160 valence electrons. The number of unbranched alkanes of at least 4 members (excludes halogenated alkanes) is 14. The zero-order valence-electron chi connectivity index (χ0n) is 18.0. The molecular weight excluding hydrogens is 465 g/mol. The summed E-state index contributed by atoms with van der Waals surface area (Å²) in [6.07, 6.45) is 20.4. The Kier molecular flexibility index (Phi) is 25.7. The van der Waals surface area contributed by atoms with Crippen LogP contribution in [0.5, 0.6) is 0 Å². The van der Waals surface area contributed by atoms with Crippen LogP contribution in [-0.4, -0.2) is 17.3 Å². The van der Waals surface area contributed by atoms with Gasteiger partial charge in [-0.1, -0.05) is 104 Å². The summed E-state index contributed by atoms with van der Waals surface area (Å²) in [5.41, 5.74) is -2.75. The predicted molar refractivity (Wildman–Crippen MR) is 127 cm³/mol. The van der Waals surface area contributed by atoms with E-state index in [4.69, 9.17) is 27.5 Å². The van der Waals surface area contributed by atoms with Crippen molar-refractivity contribution in [2.75, 3.05) is 12.4 Å². The third-order valence-corrected chi connectivity index (χ3v) is 13.9. The van der Waals surface area contributed by atoms with Gasteiger partial charge in [0, 0.05) is 25.2 Å². The molecule has 0 saturated heterocycles. The fraction of sp³-hybridized carbons (Fsp3) is 1.00. The monoisotopic (exact) mass is 506 g/mol. The Bertz CT molecular complexity index is 384. The van der Waals surface area contributed by atoms with Crippen molar-refractivity contribution in [2.45, 2.75) is 117 Å². The van der Waals surface area contributed by atoms with E-state index in [1.54, 1.807) is 0 Å². The topological polar surface area (TPSA) is 29.5 Å². The third kappa shape index (κ3) is 20.8. The Morgan fingerprint density at radius 2 is 1.07 bits per heavy atom. The van der Waals surface area contributed by atoms with Gasteiger partial charge in [0.05, 0.1) is 6.61 Å². The molecule has 27 heavy (non-hydrogen) atoms. The molecule has 0 bridgehead atoms. The van der Waals surface area contributed by atoms with Crippen LogP contribution in [0.3, 0.4) is 0 Å². The van der Waals surface area contributed by atoms with E-state index in [-0.39, 0.29) is 19.5 Å². The van der Waals surface area contributed by atoms with Crippen LogP contribution in [0.15, 0.2) is 0 Å². The Hall–Kier alpha value is 1.76. The molecule has 2 atom stereocenters. The van der Waals surface area contributed by atoms with Crippen LogP contribution in [0.25, 0.3) is 0 Å². The van der Waals surface area contributed by atoms with Crippen molar-refractivity contribution in [3.8, 4) is 0 Å². The second-order valence-electron chi connectivity index (χ2n) is 7.28. The van der Waals surface area contributed by atoms with Gasteiger partial charge in [0.1, 0.15) is 0 Å². The summed E-state index contributed by atoms with van der Waals surface area (Å²) in [6.45, 7) is 5.08. The van der Waals surface area contributed by atoms with E-state index >= 15 is 0 Å². The minimum absolute atomic E-state index is 0. The van der Waals surface area contributed by atoms with Gasteiger partial charge < -0.3 is 9.42 Å². The summed E-state index contributed by atoms with van der Waals surface area (Å²) in [5, 5.41) is 0. The maximum atomic E-state index is 10.4. The van der Waals surface area contributed by atoms with Crippen molar-refractivity contribution in [3.05, 3.63) is 0 Å². The van der Waals surface area contributed by atoms with Crippen LogP contribution in [0, 0.1) is 0 Å². The average molecular weight is 508 g/mol. The van der Waals surface area contributed by atoms with E-state index in [2.05, 4.69) is 13.8 Å². The van der Waals surface area contributed by atoms with Crippen molar-refractivity contribution in [1.82, 2.24) is 0 Å². The van der Waals surface area contributed by atoms with E-state index < -0.39 is 14.8 Å². The quantitative estimate of drug-likeness (QED) is 0.104. The van der Waals surface area contributed by atoms with Gasteiger partial charge in [-0.3, -0.25) is 0 Å². The van der Waals surface area contributed by atoms with E-state index in [0.717, 1.165) is 18.6 Å². The first-order chi connectivity index (χ1) is 12.5. The Morgan fingerprint density at radius 3 is 1.52 bits per heavy atom. The summed E-state index contributed by atoms with van der Waals surface area (Å²) in [6, 6.07) is 0. The van der Waals surface area contributed by atoms with Crippen LogP contribution in [0.4, 0.5) is 0 Å². The van der Waals surface area contributed by atoms with Gasteiger partial charge in [-0.25, -0.2) is 0 Å². The van der Waals surface area contributed by atoms with Crippen LogP contribution < -0.4 is 0 Å². The molecule has 0 aliphatic heterocycles. The van der Waals surface area contributed by atoms with Crippen molar-refractivity contribution < 1.29 is 28.9 Å². The normalized spacial score (nSPS) is 14.5. The van der Waals surface area contributed by atoms with E-state index in [0.29, 0.717) is 6.61 Å². The van der Waals surface area contributed by atoms with Crippen molar-refractivity contribution in [1.29, 1.82) is 0 Å². The summed E-state index contributed by atoms with van der Waals surface area (Å²) in [4.78, 5) is 10.4. The van der Waals surface area contributed by atoms with E-state index in [1.807, 2.05) is 0 Å². The molecule has 0 spiro atoms. The number of hydrogen-bond acceptors (Lipinski definition) is 3. The van der Waals surface area contributed by atoms with Gasteiger partial charge in [-0.05, 0) is 44.9 Å². The van der Waals surface area contributed by atoms with Gasteiger partial charge in [0.25, 0.3) is 0 Å². The summed E-state index contributed by atoms with van der Waals surface area (Å²) < 4.78 is 5.65. The molecule has 7 heteroatoms. The summed E-state index contributed by atoms with van der Waals surface area (Å²) in [7, 11) is -0.561. The Balaban J connectivity index is 0. The molecule has 0 aromatic heterocycles. The van der Waals surface area contributed by atoms with Crippen molar-refractivity contribution >= 4 is 37.8 Å². The Labute approximate surface area is 194 Å². The molecule has 0 saturated carbocycles. The number of hydrogen-bond donors (Lipinski definition) is 1. The molecule has 2 unspecified atom stereocenters. The van der Waals surface area contributed by atoms with Crippen LogP contribution >= 0.6 is 5.69 Å². The SMILES string of the molecule is CCCCCCCCCCOP(O)(=S)S(=S)CCCCCCCCCC.[Zn]. The van der Waals surface area contributed by atoms with Crippen LogP contribution in [0.1, 0.15) is 117 Å². The molecule has 0 aliphatic rings. The predicted octanol–water partition coefficient (Wildman–Crippen LogP) is 7.58. The molecule has 0 aromatic rings. The third-order valence-electron chi connectivity index (χ3n) is 4.68. The second kappa shape index (κ2) is 22.4. The van der Waals surface area contributed by atoms with E-state index in [1.165, 1.54) is 89.9 Å². The van der Waals surface area contributed by atoms with Gasteiger partial charge in [-0.2, -0.15) is 0 Å². The average Bonchev–Trinajstić information content (AvgIpc) is 2.62. The van der Waals surface area contributed by atoms with Crippen LogP contribution in [0.2, 0.25) is 0 Å². The van der Waals surface area contributed by atoms with Gasteiger partial charge in [-0.15, -0.1) is 0 Å². The van der Waals surface area contributed by atoms with Gasteiger partial charge >= 0.3 is 0 Å². The minimum atomic E-state index is -2.75. The zero-order chi connectivity index (χ0) is 19.5. The van der Waals surface area contributed by atoms with Gasteiger partial charge in [0.2, 0.25) is 5.69 Å². The molecule has 0 radical (unpaired) electrons.